The highest BCUT2D eigenvalue weighted by Crippen LogP contribution is 2.07. The molecule has 0 bridgehead atoms. The molecule has 0 aliphatic rings. The van der Waals surface area contributed by atoms with Gasteiger partial charge in [0.2, 0.25) is 8.32 Å². The van der Waals surface area contributed by atoms with Gasteiger partial charge >= 0.3 is 5.97 Å². The van der Waals surface area contributed by atoms with Crippen molar-refractivity contribution in [3.05, 3.63) is 0 Å². The molecule has 2 N–H and O–H groups in total. The lowest BCUT2D eigenvalue weighted by Crippen LogP contribution is -2.42. The van der Waals surface area contributed by atoms with Crippen molar-refractivity contribution in [2.45, 2.75) is 39.5 Å². The molecule has 12 heavy (non-hydrogen) atoms. The van der Waals surface area contributed by atoms with Crippen LogP contribution >= 0.6 is 0 Å². The van der Waals surface area contributed by atoms with E-state index in [2.05, 4.69) is 0 Å². The highest BCUT2D eigenvalue weighted by molar-refractivity contribution is 6.71. The van der Waals surface area contributed by atoms with Gasteiger partial charge in [0.25, 0.3) is 0 Å². The van der Waals surface area contributed by atoms with E-state index in [4.69, 9.17) is 10.2 Å². The van der Waals surface area contributed by atoms with Crippen LogP contribution < -0.4 is 5.73 Å². The molecule has 4 heteroatoms. The van der Waals surface area contributed by atoms with E-state index in [1.54, 1.807) is 0 Å². The van der Waals surface area contributed by atoms with Gasteiger partial charge in [0.05, 0.1) is 0 Å². The average molecular weight is 189 g/mol. The van der Waals surface area contributed by atoms with Crippen molar-refractivity contribution >= 4 is 14.3 Å². The minimum absolute atomic E-state index is 0.147. The summed E-state index contributed by atoms with van der Waals surface area (Å²) in [5, 5.41) is 0. The van der Waals surface area contributed by atoms with Crippen LogP contribution in [0.1, 0.15) is 13.8 Å². The van der Waals surface area contributed by atoms with Crippen molar-refractivity contribution in [2.75, 3.05) is 0 Å². The van der Waals surface area contributed by atoms with Gasteiger partial charge in [0.15, 0.2) is 0 Å². The topological polar surface area (TPSA) is 52.3 Å². The van der Waals surface area contributed by atoms with Crippen molar-refractivity contribution in [2.24, 2.45) is 11.7 Å². The summed E-state index contributed by atoms with van der Waals surface area (Å²) in [5.74, 6) is -0.113. The molecule has 0 amide bonds. The summed E-state index contributed by atoms with van der Waals surface area (Å²) in [6.45, 7) is 9.74. The predicted octanol–water partition coefficient (Wildman–Crippen LogP) is 1.35. The molecule has 0 aliphatic carbocycles. The van der Waals surface area contributed by atoms with E-state index in [9.17, 15) is 4.79 Å². The molecular weight excluding hydrogens is 170 g/mol. The van der Waals surface area contributed by atoms with Crippen LogP contribution in [0.5, 0.6) is 0 Å². The molecule has 0 saturated heterocycles. The molecule has 0 aromatic carbocycles. The molecule has 1 atom stereocenters. The zero-order valence-electron chi connectivity index (χ0n) is 8.55. The van der Waals surface area contributed by atoms with Gasteiger partial charge in [-0.25, -0.2) is 0 Å². The predicted molar refractivity (Wildman–Crippen MR) is 52.3 cm³/mol. The first kappa shape index (κ1) is 11.6. The molecule has 0 spiro atoms. The van der Waals surface area contributed by atoms with E-state index in [0.29, 0.717) is 0 Å². The number of carbonyl (C=O) groups excluding carboxylic acids is 1. The Hall–Kier alpha value is -0.353. The summed E-state index contributed by atoms with van der Waals surface area (Å²) in [6.07, 6.45) is 0. The van der Waals surface area contributed by atoms with Gasteiger partial charge in [0.1, 0.15) is 6.04 Å². The SMILES string of the molecule is CC(C)C(N)C(=O)O[Si](C)(C)C. The van der Waals surface area contributed by atoms with Crippen molar-refractivity contribution in [1.29, 1.82) is 0 Å². The molecule has 0 aromatic heterocycles. The molecule has 0 radical (unpaired) electrons. The lowest BCUT2D eigenvalue weighted by atomic mass is 10.1. The number of hydrogen-bond acceptors (Lipinski definition) is 3. The van der Waals surface area contributed by atoms with Crippen LogP contribution in [0.3, 0.4) is 0 Å². The highest BCUT2D eigenvalue weighted by Gasteiger charge is 2.25. The van der Waals surface area contributed by atoms with Crippen molar-refractivity contribution < 1.29 is 9.22 Å². The first-order chi connectivity index (χ1) is 5.24. The summed E-state index contributed by atoms with van der Waals surface area (Å²) in [6, 6.07) is -0.475. The monoisotopic (exact) mass is 189 g/mol. The molecule has 1 unspecified atom stereocenters. The Morgan fingerprint density at radius 1 is 1.33 bits per heavy atom. The molecule has 0 fully saturated rings. The normalized spacial score (nSPS) is 14.6. The smallest absolute Gasteiger partial charge is 0.309 e. The number of hydrogen-bond donors (Lipinski definition) is 1. The zero-order valence-corrected chi connectivity index (χ0v) is 9.55. The van der Waals surface area contributed by atoms with E-state index in [1.807, 2.05) is 33.5 Å². The number of nitrogens with two attached hydrogens (primary N) is 1. The van der Waals surface area contributed by atoms with Gasteiger partial charge in [-0.15, -0.1) is 0 Å². The fourth-order valence-corrected chi connectivity index (χ4v) is 1.38. The summed E-state index contributed by atoms with van der Waals surface area (Å²) in [7, 11) is -1.76. The molecule has 3 nitrogen and oxygen atoms in total. The molecule has 0 aromatic rings. The molecular formula is C8H19NO2Si. The lowest BCUT2D eigenvalue weighted by molar-refractivity contribution is -0.137. The van der Waals surface area contributed by atoms with Crippen LogP contribution in [0.4, 0.5) is 0 Å². The first-order valence-electron chi connectivity index (χ1n) is 4.22. The second-order valence-electron chi connectivity index (χ2n) is 4.30. The summed E-state index contributed by atoms with van der Waals surface area (Å²) >= 11 is 0. The molecule has 72 valence electrons. The Morgan fingerprint density at radius 2 is 1.75 bits per heavy atom. The third-order valence-corrected chi connectivity index (χ3v) is 2.21. The molecule has 0 saturated carbocycles. The van der Waals surface area contributed by atoms with Gasteiger partial charge in [0, 0.05) is 0 Å². The van der Waals surface area contributed by atoms with Crippen LogP contribution in [0.2, 0.25) is 19.6 Å². The largest absolute Gasteiger partial charge is 0.519 e. The highest BCUT2D eigenvalue weighted by atomic mass is 28.4. The Labute approximate surface area is 75.4 Å². The summed E-state index contributed by atoms with van der Waals surface area (Å²) in [4.78, 5) is 11.3. The fourth-order valence-electron chi connectivity index (χ4n) is 0.642. The Balaban J connectivity index is 4.05. The third kappa shape index (κ3) is 4.51. The maximum atomic E-state index is 11.3. The third-order valence-electron chi connectivity index (χ3n) is 1.40. The van der Waals surface area contributed by atoms with Gasteiger partial charge in [-0.1, -0.05) is 13.8 Å². The maximum Gasteiger partial charge on any atom is 0.309 e. The summed E-state index contributed by atoms with van der Waals surface area (Å²) < 4.78 is 5.24. The summed E-state index contributed by atoms with van der Waals surface area (Å²) in [5.41, 5.74) is 5.61. The van der Waals surface area contributed by atoms with Crippen LogP contribution in [0, 0.1) is 5.92 Å². The van der Waals surface area contributed by atoms with Crippen molar-refractivity contribution in [3.8, 4) is 0 Å². The molecule has 0 aliphatic heterocycles. The lowest BCUT2D eigenvalue weighted by Gasteiger charge is -2.22. The maximum absolute atomic E-state index is 11.3. The standard InChI is InChI=1S/C8H19NO2Si/c1-6(2)7(9)8(10)11-12(3,4)5/h6-7H,9H2,1-5H3. The zero-order chi connectivity index (χ0) is 9.94. The van der Waals surface area contributed by atoms with Crippen molar-refractivity contribution in [1.82, 2.24) is 0 Å². The van der Waals surface area contributed by atoms with Gasteiger partial charge in [-0.3, -0.25) is 4.79 Å². The van der Waals surface area contributed by atoms with Gasteiger partial charge < -0.3 is 10.2 Å². The number of rotatable bonds is 3. The second kappa shape index (κ2) is 4.05. The number of carbonyl (C=O) groups is 1. The van der Waals surface area contributed by atoms with Crippen LogP contribution in [0.25, 0.3) is 0 Å². The van der Waals surface area contributed by atoms with Crippen LogP contribution in [-0.4, -0.2) is 20.3 Å². The van der Waals surface area contributed by atoms with E-state index < -0.39 is 14.4 Å². The van der Waals surface area contributed by atoms with Crippen LogP contribution in [-0.2, 0) is 9.22 Å². The first-order valence-corrected chi connectivity index (χ1v) is 7.63. The Bertz CT molecular complexity index is 163. The minimum Gasteiger partial charge on any atom is -0.519 e. The average Bonchev–Trinajstić information content (AvgIpc) is 1.82. The van der Waals surface area contributed by atoms with Crippen LogP contribution in [0.15, 0.2) is 0 Å². The molecule has 0 heterocycles. The second-order valence-corrected chi connectivity index (χ2v) is 8.73. The molecule has 0 rings (SSSR count). The van der Waals surface area contributed by atoms with E-state index in [-0.39, 0.29) is 11.9 Å². The van der Waals surface area contributed by atoms with E-state index in [0.717, 1.165) is 0 Å². The van der Waals surface area contributed by atoms with E-state index >= 15 is 0 Å². The van der Waals surface area contributed by atoms with Gasteiger partial charge in [-0.05, 0) is 25.6 Å². The minimum atomic E-state index is -1.76. The van der Waals surface area contributed by atoms with E-state index in [1.165, 1.54) is 0 Å². The van der Waals surface area contributed by atoms with Gasteiger partial charge in [-0.2, -0.15) is 0 Å². The Kier molecular flexibility index (Phi) is 3.93. The fraction of sp³-hybridized carbons (Fsp3) is 0.875. The Morgan fingerprint density at radius 3 is 2.00 bits per heavy atom. The quantitative estimate of drug-likeness (QED) is 0.682. The van der Waals surface area contributed by atoms with Crippen molar-refractivity contribution in [3.63, 3.8) is 0 Å².